The molecule has 2 aliphatic rings. The predicted molar refractivity (Wildman–Crippen MR) is 147 cm³/mol. The van der Waals surface area contributed by atoms with Crippen LogP contribution in [0.15, 0.2) is 64.9 Å². The molecule has 1 atom stereocenters. The molecule has 1 heterocycles. The van der Waals surface area contributed by atoms with Gasteiger partial charge in [-0.05, 0) is 41.9 Å². The number of anilines is 1. The van der Waals surface area contributed by atoms with E-state index in [1.807, 2.05) is 36.4 Å². The van der Waals surface area contributed by atoms with Crippen molar-refractivity contribution in [3.8, 4) is 0 Å². The average molecular weight is 532 g/mol. The van der Waals surface area contributed by atoms with Gasteiger partial charge in [0, 0.05) is 56.8 Å². The van der Waals surface area contributed by atoms with Crippen LogP contribution < -0.4 is 5.32 Å². The van der Waals surface area contributed by atoms with E-state index in [1.54, 1.807) is 18.3 Å². The number of thiocarbonyl (C=S) groups is 1. The monoisotopic (exact) mass is 530 g/mol. The summed E-state index contributed by atoms with van der Waals surface area (Å²) in [7, 11) is 0. The second-order valence-electron chi connectivity index (χ2n) is 8.72. The van der Waals surface area contributed by atoms with Crippen molar-refractivity contribution in [2.45, 2.75) is 18.8 Å². The number of halogens is 2. The maximum atomic E-state index is 12.6. The van der Waals surface area contributed by atoms with E-state index in [9.17, 15) is 9.90 Å². The maximum absolute atomic E-state index is 12.6. The Morgan fingerprint density at radius 3 is 2.54 bits per heavy atom. The molecule has 1 saturated heterocycles. The minimum absolute atomic E-state index is 0.0217. The summed E-state index contributed by atoms with van der Waals surface area (Å²) in [4.78, 5) is 21.5. The van der Waals surface area contributed by atoms with Crippen molar-refractivity contribution in [3.05, 3.63) is 75.5 Å². The number of carbonyl (C=O) groups excluding carboxylic acids is 1. The number of piperazine rings is 1. The van der Waals surface area contributed by atoms with Crippen molar-refractivity contribution >= 4 is 58.2 Å². The summed E-state index contributed by atoms with van der Waals surface area (Å²) in [6.07, 6.45) is 2.41. The van der Waals surface area contributed by atoms with Gasteiger partial charge in [-0.15, -0.1) is 0 Å². The van der Waals surface area contributed by atoms with Gasteiger partial charge >= 0.3 is 0 Å². The Balaban J connectivity index is 1.21. The summed E-state index contributed by atoms with van der Waals surface area (Å²) in [6, 6.07) is 15.1. The lowest BCUT2D eigenvalue weighted by atomic mass is 9.83. The van der Waals surface area contributed by atoms with Crippen molar-refractivity contribution in [1.29, 1.82) is 0 Å². The van der Waals surface area contributed by atoms with Crippen molar-refractivity contribution in [2.24, 2.45) is 4.99 Å². The normalized spacial score (nSPS) is 19.4. The van der Waals surface area contributed by atoms with Crippen LogP contribution in [0.3, 0.4) is 0 Å². The summed E-state index contributed by atoms with van der Waals surface area (Å²) >= 11 is 17.7. The first-order chi connectivity index (χ1) is 16.9. The number of aliphatic hydroxyl groups is 1. The number of hydrogen-bond donors (Lipinski definition) is 2. The Hall–Kier alpha value is -2.45. The number of Topliss-reactive ketones (excluding diaryl/α,β-unsaturated/α-hetero) is 1. The van der Waals surface area contributed by atoms with Crippen LogP contribution in [0.25, 0.3) is 0 Å². The molecule has 2 aromatic carbocycles. The summed E-state index contributed by atoms with van der Waals surface area (Å²) < 4.78 is 0. The fraction of sp³-hybridized carbons (Fsp3) is 0.346. The minimum atomic E-state index is -0.0539. The van der Waals surface area contributed by atoms with Crippen molar-refractivity contribution < 1.29 is 9.90 Å². The number of nitrogens with zero attached hydrogens (tertiary/aromatic N) is 3. The third kappa shape index (κ3) is 6.82. The molecule has 4 rings (SSSR count). The maximum Gasteiger partial charge on any atom is 0.173 e. The molecule has 1 aliphatic heterocycles. The number of ketones is 1. The van der Waals surface area contributed by atoms with Crippen LogP contribution in [0, 0.1) is 0 Å². The fourth-order valence-electron chi connectivity index (χ4n) is 4.33. The Bertz CT molecular complexity index is 1130. The molecule has 35 heavy (non-hydrogen) atoms. The molecule has 1 unspecified atom stereocenters. The number of hydrogen-bond acceptors (Lipinski definition) is 5. The highest BCUT2D eigenvalue weighted by molar-refractivity contribution is 7.80. The van der Waals surface area contributed by atoms with E-state index in [4.69, 9.17) is 35.4 Å². The summed E-state index contributed by atoms with van der Waals surface area (Å²) in [5.41, 5.74) is 2.16. The first-order valence-corrected chi connectivity index (χ1v) is 12.8. The van der Waals surface area contributed by atoms with Gasteiger partial charge < -0.3 is 15.3 Å². The zero-order chi connectivity index (χ0) is 24.8. The van der Waals surface area contributed by atoms with Crippen LogP contribution >= 0.6 is 35.4 Å². The van der Waals surface area contributed by atoms with Crippen molar-refractivity contribution in [2.75, 3.05) is 44.6 Å². The van der Waals surface area contributed by atoms with Gasteiger partial charge in [0.05, 0.1) is 22.8 Å². The number of nitrogens with one attached hydrogen (secondary N) is 1. The third-order valence-electron chi connectivity index (χ3n) is 6.35. The molecule has 2 aromatic rings. The lowest BCUT2D eigenvalue weighted by Crippen LogP contribution is -2.50. The molecule has 0 bridgehead atoms. The summed E-state index contributed by atoms with van der Waals surface area (Å²) in [5, 5.41) is 15.4. The number of rotatable bonds is 6. The Morgan fingerprint density at radius 1 is 1.11 bits per heavy atom. The lowest BCUT2D eigenvalue weighted by Gasteiger charge is -2.36. The van der Waals surface area contributed by atoms with E-state index in [0.29, 0.717) is 40.1 Å². The quantitative estimate of drug-likeness (QED) is 0.388. The molecule has 184 valence electrons. The second-order valence-corrected chi connectivity index (χ2v) is 9.95. The average Bonchev–Trinajstić information content (AvgIpc) is 2.85. The van der Waals surface area contributed by atoms with E-state index < -0.39 is 0 Å². The van der Waals surface area contributed by atoms with Gasteiger partial charge in [0.2, 0.25) is 0 Å². The standard InChI is InChI=1S/C26H28Cl2N4O2S/c27-20-6-7-23(22(28)16-20)30-26(35)32-12-10-31(11-13-32)9-8-29-17-21-24(33)14-19(15-25(21)34)18-4-2-1-3-5-18/h1-7,16-17,19,33H,8-15H2,(H,30,35). The highest BCUT2D eigenvalue weighted by Gasteiger charge is 2.27. The van der Waals surface area contributed by atoms with Crippen LogP contribution in [0.4, 0.5) is 5.69 Å². The molecule has 0 radical (unpaired) electrons. The van der Waals surface area contributed by atoms with E-state index in [-0.39, 0.29) is 17.5 Å². The lowest BCUT2D eigenvalue weighted by molar-refractivity contribution is -0.116. The number of aliphatic imine (C=N–C) groups is 1. The zero-order valence-electron chi connectivity index (χ0n) is 19.3. The summed E-state index contributed by atoms with van der Waals surface area (Å²) in [5.74, 6) is 0.101. The Kier molecular flexibility index (Phi) is 8.78. The number of allylic oxidation sites excluding steroid dienone is 2. The number of benzene rings is 2. The molecule has 1 fully saturated rings. The first-order valence-electron chi connectivity index (χ1n) is 11.6. The minimum Gasteiger partial charge on any atom is -0.511 e. The summed E-state index contributed by atoms with van der Waals surface area (Å²) in [6.45, 7) is 4.66. The molecule has 9 heteroatoms. The van der Waals surface area contributed by atoms with Crippen LogP contribution in [0.2, 0.25) is 10.0 Å². The van der Waals surface area contributed by atoms with E-state index in [2.05, 4.69) is 20.1 Å². The van der Waals surface area contributed by atoms with Gasteiger partial charge in [-0.1, -0.05) is 53.5 Å². The first kappa shape index (κ1) is 25.6. The van der Waals surface area contributed by atoms with Gasteiger partial charge in [-0.3, -0.25) is 14.7 Å². The third-order valence-corrected chi connectivity index (χ3v) is 7.26. The van der Waals surface area contributed by atoms with Crippen molar-refractivity contribution in [1.82, 2.24) is 9.80 Å². The topological polar surface area (TPSA) is 68.2 Å². The van der Waals surface area contributed by atoms with Crippen molar-refractivity contribution in [3.63, 3.8) is 0 Å². The van der Waals surface area contributed by atoms with Crippen LogP contribution in [-0.2, 0) is 4.79 Å². The molecular weight excluding hydrogens is 503 g/mol. The molecular formula is C26H28Cl2N4O2S. The van der Waals surface area contributed by atoms with Gasteiger partial charge in [0.15, 0.2) is 10.9 Å². The number of carbonyl (C=O) groups is 1. The van der Waals surface area contributed by atoms with Crippen LogP contribution in [0.5, 0.6) is 0 Å². The fourth-order valence-corrected chi connectivity index (χ4v) is 5.08. The van der Waals surface area contributed by atoms with Crippen LogP contribution in [0.1, 0.15) is 24.3 Å². The molecule has 6 nitrogen and oxygen atoms in total. The molecule has 0 amide bonds. The van der Waals surface area contributed by atoms with Crippen LogP contribution in [-0.4, -0.2) is 71.3 Å². The van der Waals surface area contributed by atoms with Gasteiger partial charge in [0.25, 0.3) is 0 Å². The SMILES string of the molecule is O=C1CC(c2ccccc2)CC(O)=C1C=NCCN1CCN(C(=S)Nc2ccc(Cl)cc2Cl)CC1. The Labute approximate surface area is 221 Å². The highest BCUT2D eigenvalue weighted by Crippen LogP contribution is 2.32. The Morgan fingerprint density at radius 2 is 1.86 bits per heavy atom. The molecule has 0 saturated carbocycles. The van der Waals surface area contributed by atoms with Gasteiger partial charge in [0.1, 0.15) is 5.76 Å². The highest BCUT2D eigenvalue weighted by atomic mass is 35.5. The predicted octanol–water partition coefficient (Wildman–Crippen LogP) is 5.34. The van der Waals surface area contributed by atoms with E-state index >= 15 is 0 Å². The van der Waals surface area contributed by atoms with E-state index in [1.165, 1.54) is 0 Å². The molecule has 0 spiro atoms. The second kappa shape index (κ2) is 12.0. The molecule has 0 aromatic heterocycles. The van der Waals surface area contributed by atoms with E-state index in [0.717, 1.165) is 44.0 Å². The number of aliphatic hydroxyl groups excluding tert-OH is 1. The molecule has 1 aliphatic carbocycles. The smallest absolute Gasteiger partial charge is 0.173 e. The zero-order valence-corrected chi connectivity index (χ0v) is 21.6. The largest absolute Gasteiger partial charge is 0.511 e. The van der Waals surface area contributed by atoms with Gasteiger partial charge in [-0.2, -0.15) is 0 Å². The molecule has 2 N–H and O–H groups in total. The van der Waals surface area contributed by atoms with Gasteiger partial charge in [-0.25, -0.2) is 0 Å².